The molecule has 0 unspecified atom stereocenters. The Morgan fingerprint density at radius 3 is 2.95 bits per heavy atom. The van der Waals surface area contributed by atoms with Gasteiger partial charge in [0.15, 0.2) is 0 Å². The quantitative estimate of drug-likeness (QED) is 0.820. The Balaban J connectivity index is 1.76. The first-order valence-corrected chi connectivity index (χ1v) is 7.28. The van der Waals surface area contributed by atoms with Gasteiger partial charge in [-0.2, -0.15) is 5.10 Å². The van der Waals surface area contributed by atoms with E-state index in [0.717, 1.165) is 11.3 Å². The second kappa shape index (κ2) is 7.70. The number of ether oxygens (including phenoxy) is 1. The minimum Gasteiger partial charge on any atom is -0.495 e. The van der Waals surface area contributed by atoms with E-state index in [1.807, 2.05) is 13.2 Å². The van der Waals surface area contributed by atoms with Crippen LogP contribution in [0.4, 0.5) is 5.69 Å². The molecule has 1 heterocycles. The molecule has 0 atom stereocenters. The Morgan fingerprint density at radius 2 is 2.27 bits per heavy atom. The Kier molecular flexibility index (Phi) is 5.66. The summed E-state index contributed by atoms with van der Waals surface area (Å²) in [6.07, 6.45) is 3.96. The summed E-state index contributed by atoms with van der Waals surface area (Å²) in [6, 6.07) is 5.31. The van der Waals surface area contributed by atoms with Gasteiger partial charge in [-0.15, -0.1) is 0 Å². The fourth-order valence-electron chi connectivity index (χ4n) is 1.98. The summed E-state index contributed by atoms with van der Waals surface area (Å²) in [6.45, 7) is 0.975. The normalized spacial score (nSPS) is 10.3. The third-order valence-corrected chi connectivity index (χ3v) is 3.31. The van der Waals surface area contributed by atoms with E-state index in [-0.39, 0.29) is 5.91 Å². The molecule has 0 radical (unpaired) electrons. The average Bonchev–Trinajstić information content (AvgIpc) is 2.91. The van der Waals surface area contributed by atoms with Crippen molar-refractivity contribution in [3.05, 3.63) is 41.2 Å². The van der Waals surface area contributed by atoms with Gasteiger partial charge >= 0.3 is 0 Å². The second-order valence-electron chi connectivity index (χ2n) is 4.82. The molecule has 0 saturated carbocycles. The van der Waals surface area contributed by atoms with Crippen LogP contribution in [0.2, 0.25) is 5.02 Å². The van der Waals surface area contributed by atoms with Crippen molar-refractivity contribution in [2.24, 2.45) is 7.05 Å². The number of hydrogen-bond donors (Lipinski definition) is 2. The number of rotatable bonds is 7. The van der Waals surface area contributed by atoms with Crippen LogP contribution in [0.1, 0.15) is 12.0 Å². The van der Waals surface area contributed by atoms with Crippen molar-refractivity contribution in [3.63, 3.8) is 0 Å². The van der Waals surface area contributed by atoms with Crippen LogP contribution in [0, 0.1) is 0 Å². The molecule has 6 nitrogen and oxygen atoms in total. The average molecular weight is 323 g/mol. The fourth-order valence-corrected chi connectivity index (χ4v) is 2.15. The molecular formula is C15H19ClN4O2. The molecule has 0 aliphatic heterocycles. The monoisotopic (exact) mass is 322 g/mol. The third-order valence-electron chi connectivity index (χ3n) is 3.08. The van der Waals surface area contributed by atoms with E-state index in [2.05, 4.69) is 15.7 Å². The molecule has 22 heavy (non-hydrogen) atoms. The number of amides is 1. The van der Waals surface area contributed by atoms with Gasteiger partial charge in [-0.25, -0.2) is 0 Å². The van der Waals surface area contributed by atoms with Crippen LogP contribution in [-0.4, -0.2) is 29.3 Å². The van der Waals surface area contributed by atoms with E-state index in [4.69, 9.17) is 16.3 Å². The molecule has 1 aromatic carbocycles. The van der Waals surface area contributed by atoms with Gasteiger partial charge < -0.3 is 15.4 Å². The topological polar surface area (TPSA) is 68.2 Å². The first kappa shape index (κ1) is 16.2. The number of carbonyl (C=O) groups excluding carboxylic acids is 1. The van der Waals surface area contributed by atoms with Gasteiger partial charge in [0.25, 0.3) is 0 Å². The van der Waals surface area contributed by atoms with Crippen LogP contribution >= 0.6 is 11.6 Å². The lowest BCUT2D eigenvalue weighted by atomic mass is 10.2. The Bertz CT molecular complexity index is 642. The van der Waals surface area contributed by atoms with Crippen molar-refractivity contribution in [2.75, 3.05) is 19.0 Å². The van der Waals surface area contributed by atoms with Crippen LogP contribution in [0.5, 0.6) is 5.75 Å². The van der Waals surface area contributed by atoms with Crippen LogP contribution in [0.3, 0.4) is 0 Å². The molecule has 1 aromatic heterocycles. The zero-order chi connectivity index (χ0) is 15.9. The van der Waals surface area contributed by atoms with E-state index in [0.29, 0.717) is 30.3 Å². The van der Waals surface area contributed by atoms with E-state index in [1.165, 1.54) is 0 Å². The number of benzene rings is 1. The summed E-state index contributed by atoms with van der Waals surface area (Å²) in [4.78, 5) is 11.8. The first-order chi connectivity index (χ1) is 10.6. The lowest BCUT2D eigenvalue weighted by molar-refractivity contribution is -0.121. The van der Waals surface area contributed by atoms with Crippen LogP contribution < -0.4 is 15.4 Å². The standard InChI is InChI=1S/C15H19ClN4O2/c1-20-10-11(9-19-20)8-18-15(21)5-6-17-13-7-12(16)3-4-14(13)22-2/h3-4,7,9-10,17H,5-6,8H2,1-2H3,(H,18,21). The zero-order valence-electron chi connectivity index (χ0n) is 12.6. The number of aryl methyl sites for hydroxylation is 1. The summed E-state index contributed by atoms with van der Waals surface area (Å²) >= 11 is 5.95. The summed E-state index contributed by atoms with van der Waals surface area (Å²) in [5, 5.41) is 10.7. The van der Waals surface area contributed by atoms with Crippen LogP contribution in [-0.2, 0) is 18.4 Å². The number of hydrogen-bond acceptors (Lipinski definition) is 4. The van der Waals surface area contributed by atoms with E-state index < -0.39 is 0 Å². The van der Waals surface area contributed by atoms with E-state index >= 15 is 0 Å². The Hall–Kier alpha value is -2.21. The molecule has 118 valence electrons. The fraction of sp³-hybridized carbons (Fsp3) is 0.333. The number of methoxy groups -OCH3 is 1. The third kappa shape index (κ3) is 4.66. The highest BCUT2D eigenvalue weighted by Crippen LogP contribution is 2.27. The number of nitrogens with zero attached hydrogens (tertiary/aromatic N) is 2. The Morgan fingerprint density at radius 1 is 1.45 bits per heavy atom. The van der Waals surface area contributed by atoms with Gasteiger partial charge in [0.2, 0.25) is 5.91 Å². The number of carbonyl (C=O) groups is 1. The van der Waals surface area contributed by atoms with Gasteiger partial charge in [0, 0.05) is 43.3 Å². The maximum Gasteiger partial charge on any atom is 0.222 e. The number of nitrogens with one attached hydrogen (secondary N) is 2. The summed E-state index contributed by atoms with van der Waals surface area (Å²) < 4.78 is 6.94. The minimum absolute atomic E-state index is 0.0302. The second-order valence-corrected chi connectivity index (χ2v) is 5.26. The van der Waals surface area contributed by atoms with Crippen LogP contribution in [0.15, 0.2) is 30.6 Å². The molecule has 1 amide bonds. The highest BCUT2D eigenvalue weighted by atomic mass is 35.5. The lowest BCUT2D eigenvalue weighted by Crippen LogP contribution is -2.24. The summed E-state index contributed by atoms with van der Waals surface area (Å²) in [7, 11) is 3.43. The molecule has 0 aliphatic rings. The maximum atomic E-state index is 11.8. The highest BCUT2D eigenvalue weighted by Gasteiger charge is 2.06. The van der Waals surface area contributed by atoms with Gasteiger partial charge in [-0.05, 0) is 18.2 Å². The Labute approximate surface area is 134 Å². The number of aromatic nitrogens is 2. The van der Waals surface area contributed by atoms with Crippen molar-refractivity contribution in [3.8, 4) is 5.75 Å². The first-order valence-electron chi connectivity index (χ1n) is 6.90. The molecule has 0 aliphatic carbocycles. The molecule has 0 fully saturated rings. The summed E-state index contributed by atoms with van der Waals surface area (Å²) in [5.41, 5.74) is 1.75. The van der Waals surface area contributed by atoms with Gasteiger partial charge in [-0.3, -0.25) is 9.48 Å². The van der Waals surface area contributed by atoms with Gasteiger partial charge in [0.1, 0.15) is 5.75 Å². The lowest BCUT2D eigenvalue weighted by Gasteiger charge is -2.11. The van der Waals surface area contributed by atoms with Crippen molar-refractivity contribution in [1.29, 1.82) is 0 Å². The largest absolute Gasteiger partial charge is 0.495 e. The van der Waals surface area contributed by atoms with Crippen molar-refractivity contribution in [2.45, 2.75) is 13.0 Å². The molecule has 7 heteroatoms. The molecule has 2 aromatic rings. The molecule has 0 saturated heterocycles. The van der Waals surface area contributed by atoms with Gasteiger partial charge in [-0.1, -0.05) is 11.6 Å². The predicted octanol–water partition coefficient (Wildman–Crippen LogP) is 2.20. The smallest absolute Gasteiger partial charge is 0.222 e. The molecule has 2 N–H and O–H groups in total. The predicted molar refractivity (Wildman–Crippen MR) is 86.2 cm³/mol. The SMILES string of the molecule is COc1ccc(Cl)cc1NCCC(=O)NCc1cnn(C)c1. The minimum atomic E-state index is -0.0302. The molecular weight excluding hydrogens is 304 g/mol. The van der Waals surface area contributed by atoms with Gasteiger partial charge in [0.05, 0.1) is 19.0 Å². The van der Waals surface area contributed by atoms with Crippen molar-refractivity contribution >= 4 is 23.2 Å². The number of anilines is 1. The summed E-state index contributed by atoms with van der Waals surface area (Å²) in [5.74, 6) is 0.664. The zero-order valence-corrected chi connectivity index (χ0v) is 13.4. The highest BCUT2D eigenvalue weighted by molar-refractivity contribution is 6.30. The maximum absolute atomic E-state index is 11.8. The molecule has 0 spiro atoms. The van der Waals surface area contributed by atoms with Crippen LogP contribution in [0.25, 0.3) is 0 Å². The molecule has 2 rings (SSSR count). The van der Waals surface area contributed by atoms with Crippen molar-refractivity contribution in [1.82, 2.24) is 15.1 Å². The number of halogens is 1. The molecule has 0 bridgehead atoms. The van der Waals surface area contributed by atoms with Crippen molar-refractivity contribution < 1.29 is 9.53 Å². The van der Waals surface area contributed by atoms with E-state index in [1.54, 1.807) is 36.2 Å². The van der Waals surface area contributed by atoms with E-state index in [9.17, 15) is 4.79 Å².